The molecule has 0 atom stereocenters. The average Bonchev–Trinajstić information content (AvgIpc) is 2.23. The second-order valence-electron chi connectivity index (χ2n) is 4.35. The number of nitrogen functional groups attached to an aromatic ring is 1. The molecular formula is C13H9BrF3NO2S. The van der Waals surface area contributed by atoms with Crippen molar-refractivity contribution in [1.29, 1.82) is 0 Å². The van der Waals surface area contributed by atoms with Gasteiger partial charge in [0.05, 0.1) is 5.75 Å². The van der Waals surface area contributed by atoms with Crippen molar-refractivity contribution < 1.29 is 21.6 Å². The van der Waals surface area contributed by atoms with Crippen molar-refractivity contribution in [3.63, 3.8) is 0 Å². The summed E-state index contributed by atoms with van der Waals surface area (Å²) in [6.45, 7) is 0. The van der Waals surface area contributed by atoms with E-state index in [0.29, 0.717) is 4.47 Å². The summed E-state index contributed by atoms with van der Waals surface area (Å²) in [5, 5.41) is 0. The van der Waals surface area contributed by atoms with Gasteiger partial charge in [0, 0.05) is 10.2 Å². The van der Waals surface area contributed by atoms with Crippen molar-refractivity contribution in [1.82, 2.24) is 0 Å². The van der Waals surface area contributed by atoms with Crippen molar-refractivity contribution in [2.75, 3.05) is 5.73 Å². The van der Waals surface area contributed by atoms with Crippen LogP contribution in [0.4, 0.5) is 18.9 Å². The molecule has 3 nitrogen and oxygen atoms in total. The van der Waals surface area contributed by atoms with E-state index in [-0.39, 0.29) is 11.3 Å². The molecule has 112 valence electrons. The van der Waals surface area contributed by atoms with Crippen LogP contribution >= 0.6 is 15.9 Å². The Kier molecular flexibility index (Phi) is 4.29. The Balaban J connectivity index is 2.48. The van der Waals surface area contributed by atoms with Gasteiger partial charge in [-0.05, 0) is 35.9 Å². The molecule has 0 aromatic heterocycles. The van der Waals surface area contributed by atoms with Gasteiger partial charge >= 0.3 is 0 Å². The van der Waals surface area contributed by atoms with Gasteiger partial charge in [-0.3, -0.25) is 0 Å². The molecule has 2 aromatic carbocycles. The molecule has 0 aliphatic heterocycles. The second kappa shape index (κ2) is 5.69. The molecule has 0 amide bonds. The highest BCUT2D eigenvalue weighted by atomic mass is 79.9. The summed E-state index contributed by atoms with van der Waals surface area (Å²) < 4.78 is 65.2. The Bertz CT molecular complexity index is 766. The van der Waals surface area contributed by atoms with Gasteiger partial charge in [-0.1, -0.05) is 15.9 Å². The van der Waals surface area contributed by atoms with Crippen molar-refractivity contribution >= 4 is 31.5 Å². The number of halogens is 4. The Morgan fingerprint density at radius 1 is 1.00 bits per heavy atom. The monoisotopic (exact) mass is 379 g/mol. The van der Waals surface area contributed by atoms with Crippen LogP contribution in [-0.2, 0) is 15.6 Å². The Morgan fingerprint density at radius 2 is 1.57 bits per heavy atom. The molecule has 0 saturated carbocycles. The number of hydrogen-bond donors (Lipinski definition) is 1. The van der Waals surface area contributed by atoms with Gasteiger partial charge in [-0.2, -0.15) is 0 Å². The third-order valence-electron chi connectivity index (χ3n) is 2.61. The number of hydrogen-bond acceptors (Lipinski definition) is 3. The summed E-state index contributed by atoms with van der Waals surface area (Å²) in [5.41, 5.74) is 5.08. The zero-order valence-electron chi connectivity index (χ0n) is 10.4. The van der Waals surface area contributed by atoms with E-state index < -0.39 is 37.9 Å². The fourth-order valence-electron chi connectivity index (χ4n) is 1.86. The van der Waals surface area contributed by atoms with Gasteiger partial charge in [0.15, 0.2) is 9.84 Å². The van der Waals surface area contributed by atoms with Crippen LogP contribution in [0.5, 0.6) is 0 Å². The minimum Gasteiger partial charge on any atom is -0.399 e. The van der Waals surface area contributed by atoms with Crippen LogP contribution in [0.15, 0.2) is 39.7 Å². The molecule has 0 bridgehead atoms. The maximum atomic E-state index is 13.7. The first kappa shape index (κ1) is 15.8. The number of rotatable bonds is 3. The summed E-state index contributed by atoms with van der Waals surface area (Å²) in [6, 6.07) is 4.92. The molecule has 2 aromatic rings. The molecule has 0 aliphatic rings. The summed E-state index contributed by atoms with van der Waals surface area (Å²) in [6.07, 6.45) is 0. The van der Waals surface area contributed by atoms with Crippen molar-refractivity contribution in [3.05, 3.63) is 57.8 Å². The van der Waals surface area contributed by atoms with Gasteiger partial charge in [-0.15, -0.1) is 0 Å². The molecule has 0 heterocycles. The molecule has 0 spiro atoms. The molecule has 0 saturated heterocycles. The van der Waals surface area contributed by atoms with Gasteiger partial charge in [0.1, 0.15) is 22.3 Å². The highest BCUT2D eigenvalue weighted by Crippen LogP contribution is 2.26. The lowest BCUT2D eigenvalue weighted by Crippen LogP contribution is -2.10. The Hall–Kier alpha value is -1.54. The van der Waals surface area contributed by atoms with Gasteiger partial charge in [-0.25, -0.2) is 21.6 Å². The van der Waals surface area contributed by atoms with E-state index in [1.54, 1.807) is 0 Å². The maximum absolute atomic E-state index is 13.7. The molecule has 2 rings (SSSR count). The lowest BCUT2D eigenvalue weighted by atomic mass is 10.2. The normalized spacial score (nSPS) is 11.6. The molecule has 21 heavy (non-hydrogen) atoms. The number of sulfone groups is 1. The van der Waals surface area contributed by atoms with Crippen LogP contribution in [0, 0.1) is 17.5 Å². The first-order valence-corrected chi connectivity index (χ1v) is 8.06. The topological polar surface area (TPSA) is 60.2 Å². The van der Waals surface area contributed by atoms with Gasteiger partial charge in [0.2, 0.25) is 0 Å². The molecule has 0 fully saturated rings. The number of anilines is 1. The van der Waals surface area contributed by atoms with E-state index in [9.17, 15) is 21.6 Å². The average molecular weight is 380 g/mol. The fourth-order valence-corrected chi connectivity index (χ4v) is 3.84. The largest absolute Gasteiger partial charge is 0.399 e. The fraction of sp³-hybridized carbons (Fsp3) is 0.0769. The number of benzene rings is 2. The van der Waals surface area contributed by atoms with Crippen molar-refractivity contribution in [2.45, 2.75) is 10.6 Å². The van der Waals surface area contributed by atoms with E-state index in [2.05, 4.69) is 15.9 Å². The Morgan fingerprint density at radius 3 is 2.10 bits per heavy atom. The predicted octanol–water partition coefficient (Wildman–Crippen LogP) is 3.42. The van der Waals surface area contributed by atoms with Crippen molar-refractivity contribution in [2.24, 2.45) is 0 Å². The number of nitrogens with two attached hydrogens (primary N) is 1. The van der Waals surface area contributed by atoms with Crippen LogP contribution in [0.2, 0.25) is 0 Å². The molecule has 0 unspecified atom stereocenters. The van der Waals surface area contributed by atoms with Gasteiger partial charge < -0.3 is 5.73 Å². The van der Waals surface area contributed by atoms with Crippen LogP contribution < -0.4 is 5.73 Å². The minimum atomic E-state index is -4.32. The standard InChI is InChI=1S/C13H9BrF3NO2S/c14-8-1-7(2-9(15)3-8)6-21(19,20)13-11(16)4-10(18)5-12(13)17/h1-5H,6,18H2. The van der Waals surface area contributed by atoms with Crippen LogP contribution in [0.1, 0.15) is 5.56 Å². The van der Waals surface area contributed by atoms with Crippen LogP contribution in [0.25, 0.3) is 0 Å². The van der Waals surface area contributed by atoms with Gasteiger partial charge in [0.25, 0.3) is 0 Å². The molecule has 8 heteroatoms. The SMILES string of the molecule is Nc1cc(F)c(S(=O)(=O)Cc2cc(F)cc(Br)c2)c(F)c1. The smallest absolute Gasteiger partial charge is 0.188 e. The van der Waals surface area contributed by atoms with E-state index in [0.717, 1.165) is 24.3 Å². The molecular weight excluding hydrogens is 371 g/mol. The summed E-state index contributed by atoms with van der Waals surface area (Å²) >= 11 is 3.02. The maximum Gasteiger partial charge on any atom is 0.188 e. The lowest BCUT2D eigenvalue weighted by Gasteiger charge is -2.08. The van der Waals surface area contributed by atoms with Crippen LogP contribution in [0.3, 0.4) is 0 Å². The zero-order valence-corrected chi connectivity index (χ0v) is 12.8. The Labute approximate surface area is 127 Å². The first-order valence-electron chi connectivity index (χ1n) is 5.61. The first-order chi connectivity index (χ1) is 9.69. The quantitative estimate of drug-likeness (QED) is 0.831. The third kappa shape index (κ3) is 3.56. The second-order valence-corrected chi connectivity index (χ2v) is 7.19. The summed E-state index contributed by atoms with van der Waals surface area (Å²) in [4.78, 5) is -1.07. The van der Waals surface area contributed by atoms with Crippen molar-refractivity contribution in [3.8, 4) is 0 Å². The summed E-state index contributed by atoms with van der Waals surface area (Å²) in [5.74, 6) is -3.94. The predicted molar refractivity (Wildman–Crippen MR) is 75.8 cm³/mol. The third-order valence-corrected chi connectivity index (χ3v) is 4.79. The van der Waals surface area contributed by atoms with E-state index in [1.165, 1.54) is 6.07 Å². The van der Waals surface area contributed by atoms with E-state index in [1.807, 2.05) is 0 Å². The zero-order chi connectivity index (χ0) is 15.8. The molecule has 2 N–H and O–H groups in total. The molecule has 0 aliphatic carbocycles. The lowest BCUT2D eigenvalue weighted by molar-refractivity contribution is 0.520. The summed E-state index contributed by atoms with van der Waals surface area (Å²) in [7, 11) is -4.32. The van der Waals surface area contributed by atoms with Crippen LogP contribution in [-0.4, -0.2) is 8.42 Å². The van der Waals surface area contributed by atoms with E-state index in [4.69, 9.17) is 5.73 Å². The highest BCUT2D eigenvalue weighted by molar-refractivity contribution is 9.10. The van der Waals surface area contributed by atoms with E-state index >= 15 is 0 Å². The minimum absolute atomic E-state index is 0.0671. The molecule has 0 radical (unpaired) electrons. The highest BCUT2D eigenvalue weighted by Gasteiger charge is 2.25.